The molecule has 9 heavy (non-hydrogen) atoms. The summed E-state index contributed by atoms with van der Waals surface area (Å²) in [7, 11) is 0. The van der Waals surface area contributed by atoms with Crippen LogP contribution in [0.15, 0.2) is 0 Å². The van der Waals surface area contributed by atoms with Crippen LogP contribution < -0.4 is 0 Å². The number of esters is 1. The van der Waals surface area contributed by atoms with Crippen LogP contribution in [-0.4, -0.2) is 42.1 Å². The minimum absolute atomic E-state index is 0. The standard InChI is InChI=1S/C6H12O2.Na.H/c1-3-5-8-6(7)4-2;;/h3-5H2,1-2H3;;. The van der Waals surface area contributed by atoms with Gasteiger partial charge in [0.1, 0.15) is 0 Å². The van der Waals surface area contributed by atoms with E-state index < -0.39 is 0 Å². The molecule has 0 rings (SSSR count). The van der Waals surface area contributed by atoms with Gasteiger partial charge in [0, 0.05) is 6.42 Å². The summed E-state index contributed by atoms with van der Waals surface area (Å²) in [6.07, 6.45) is 1.39. The Labute approximate surface area is 78.3 Å². The molecule has 0 aliphatic carbocycles. The summed E-state index contributed by atoms with van der Waals surface area (Å²) in [4.78, 5) is 10.3. The molecule has 0 radical (unpaired) electrons. The number of rotatable bonds is 3. The molecule has 0 N–H and O–H groups in total. The monoisotopic (exact) mass is 140 g/mol. The first kappa shape index (κ1) is 12.2. The zero-order valence-corrected chi connectivity index (χ0v) is 5.44. The molecule has 0 aromatic carbocycles. The Bertz CT molecular complexity index is 73.5. The molecule has 3 heteroatoms. The predicted molar refractivity (Wildman–Crippen MR) is 38.7 cm³/mol. The number of hydrogen-bond acceptors (Lipinski definition) is 2. The minimum atomic E-state index is -0.105. The van der Waals surface area contributed by atoms with Crippen LogP contribution in [0.1, 0.15) is 26.7 Å². The average molecular weight is 140 g/mol. The molecule has 2 nitrogen and oxygen atoms in total. The van der Waals surface area contributed by atoms with E-state index in [-0.39, 0.29) is 35.5 Å². The molecule has 0 bridgehead atoms. The second-order valence-corrected chi connectivity index (χ2v) is 1.57. The molecule has 0 atom stereocenters. The van der Waals surface area contributed by atoms with Gasteiger partial charge in [-0.1, -0.05) is 13.8 Å². The quantitative estimate of drug-likeness (QED) is 0.426. The first-order chi connectivity index (χ1) is 3.81. The van der Waals surface area contributed by atoms with Crippen molar-refractivity contribution in [2.45, 2.75) is 26.7 Å². The third kappa shape index (κ3) is 8.47. The van der Waals surface area contributed by atoms with Crippen molar-refractivity contribution < 1.29 is 9.53 Å². The van der Waals surface area contributed by atoms with Crippen LogP contribution in [0.4, 0.5) is 0 Å². The predicted octanol–water partition coefficient (Wildman–Crippen LogP) is 0.701. The van der Waals surface area contributed by atoms with E-state index in [2.05, 4.69) is 0 Å². The Hall–Kier alpha value is 0.470. The summed E-state index contributed by atoms with van der Waals surface area (Å²) in [6.45, 7) is 4.33. The topological polar surface area (TPSA) is 26.3 Å². The molecule has 0 fully saturated rings. The van der Waals surface area contributed by atoms with Crippen LogP contribution in [0, 0.1) is 0 Å². The normalized spacial score (nSPS) is 7.78. The van der Waals surface area contributed by atoms with Gasteiger partial charge < -0.3 is 4.74 Å². The second kappa shape index (κ2) is 8.47. The maximum absolute atomic E-state index is 10.3. The van der Waals surface area contributed by atoms with E-state index >= 15 is 0 Å². The van der Waals surface area contributed by atoms with E-state index in [9.17, 15) is 4.79 Å². The van der Waals surface area contributed by atoms with E-state index in [0.717, 1.165) is 6.42 Å². The third-order valence-corrected chi connectivity index (χ3v) is 0.756. The molecular formula is C6H13NaO2. The summed E-state index contributed by atoms with van der Waals surface area (Å²) in [5, 5.41) is 0. The van der Waals surface area contributed by atoms with Crippen molar-refractivity contribution in [1.82, 2.24) is 0 Å². The van der Waals surface area contributed by atoms with Crippen molar-refractivity contribution in [2.24, 2.45) is 0 Å². The molecule has 50 valence electrons. The van der Waals surface area contributed by atoms with Crippen LogP contribution in [0.25, 0.3) is 0 Å². The van der Waals surface area contributed by atoms with Crippen LogP contribution in [0.5, 0.6) is 0 Å². The fraction of sp³-hybridized carbons (Fsp3) is 0.833. The molecular weight excluding hydrogens is 127 g/mol. The molecule has 0 amide bonds. The zero-order chi connectivity index (χ0) is 6.41. The van der Waals surface area contributed by atoms with Gasteiger partial charge in [-0.25, -0.2) is 0 Å². The van der Waals surface area contributed by atoms with Gasteiger partial charge >= 0.3 is 35.5 Å². The molecule has 0 saturated carbocycles. The van der Waals surface area contributed by atoms with Crippen LogP contribution in [0.2, 0.25) is 0 Å². The fourth-order valence-corrected chi connectivity index (χ4v) is 0.318. The van der Waals surface area contributed by atoms with Gasteiger partial charge in [-0.05, 0) is 6.42 Å². The average Bonchev–Trinajstić information content (AvgIpc) is 1.83. The summed E-state index contributed by atoms with van der Waals surface area (Å²) >= 11 is 0. The molecule has 0 aliphatic rings. The number of hydrogen-bond donors (Lipinski definition) is 0. The zero-order valence-electron chi connectivity index (χ0n) is 5.44. The molecule has 0 aromatic rings. The van der Waals surface area contributed by atoms with E-state index in [0.29, 0.717) is 13.0 Å². The Balaban J connectivity index is 0. The van der Waals surface area contributed by atoms with Gasteiger partial charge in [0.15, 0.2) is 0 Å². The van der Waals surface area contributed by atoms with Gasteiger partial charge in [-0.15, -0.1) is 0 Å². The van der Waals surface area contributed by atoms with E-state index in [1.165, 1.54) is 0 Å². The van der Waals surface area contributed by atoms with Crippen molar-refractivity contribution in [3.63, 3.8) is 0 Å². The SMILES string of the molecule is CCCOC(=O)CC.[NaH]. The first-order valence-electron chi connectivity index (χ1n) is 2.96. The van der Waals surface area contributed by atoms with Gasteiger partial charge in [0.2, 0.25) is 0 Å². The van der Waals surface area contributed by atoms with Crippen molar-refractivity contribution in [2.75, 3.05) is 6.61 Å². The third-order valence-electron chi connectivity index (χ3n) is 0.756. The van der Waals surface area contributed by atoms with Gasteiger partial charge in [-0.3, -0.25) is 4.79 Å². The molecule has 0 saturated heterocycles. The number of carbonyl (C=O) groups is 1. The Morgan fingerprint density at radius 2 is 2.00 bits per heavy atom. The molecule has 0 spiro atoms. The summed E-state index contributed by atoms with van der Waals surface area (Å²) in [6, 6.07) is 0. The fourth-order valence-electron chi connectivity index (χ4n) is 0.318. The number of carbonyl (C=O) groups excluding carboxylic acids is 1. The van der Waals surface area contributed by atoms with Crippen molar-refractivity contribution in [3.8, 4) is 0 Å². The van der Waals surface area contributed by atoms with Crippen molar-refractivity contribution >= 4 is 35.5 Å². The van der Waals surface area contributed by atoms with Gasteiger partial charge in [-0.2, -0.15) is 0 Å². The molecule has 0 unspecified atom stereocenters. The maximum atomic E-state index is 10.3. The molecule has 0 aromatic heterocycles. The van der Waals surface area contributed by atoms with E-state index in [1.807, 2.05) is 6.92 Å². The van der Waals surface area contributed by atoms with Gasteiger partial charge in [0.25, 0.3) is 0 Å². The van der Waals surface area contributed by atoms with E-state index in [1.54, 1.807) is 6.92 Å². The van der Waals surface area contributed by atoms with Crippen molar-refractivity contribution in [3.05, 3.63) is 0 Å². The Kier molecular flexibility index (Phi) is 11.5. The summed E-state index contributed by atoms with van der Waals surface area (Å²) in [5.41, 5.74) is 0. The van der Waals surface area contributed by atoms with Crippen LogP contribution >= 0.6 is 0 Å². The second-order valence-electron chi connectivity index (χ2n) is 1.57. The van der Waals surface area contributed by atoms with Crippen LogP contribution in [0.3, 0.4) is 0 Å². The van der Waals surface area contributed by atoms with Crippen LogP contribution in [-0.2, 0) is 9.53 Å². The molecule has 0 aliphatic heterocycles. The van der Waals surface area contributed by atoms with E-state index in [4.69, 9.17) is 4.74 Å². The summed E-state index contributed by atoms with van der Waals surface area (Å²) in [5.74, 6) is -0.105. The van der Waals surface area contributed by atoms with Gasteiger partial charge in [0.05, 0.1) is 6.61 Å². The van der Waals surface area contributed by atoms with Crippen molar-refractivity contribution in [1.29, 1.82) is 0 Å². The first-order valence-corrected chi connectivity index (χ1v) is 2.96. The Morgan fingerprint density at radius 1 is 1.44 bits per heavy atom. The molecule has 0 heterocycles. The number of ether oxygens (including phenoxy) is 1. The Morgan fingerprint density at radius 3 is 2.33 bits per heavy atom. The summed E-state index contributed by atoms with van der Waals surface area (Å²) < 4.78 is 4.70.